The van der Waals surface area contributed by atoms with Gasteiger partial charge in [0.1, 0.15) is 112 Å². The summed E-state index contributed by atoms with van der Waals surface area (Å²) in [5, 5.41) is 24.4. The van der Waals surface area contributed by atoms with Gasteiger partial charge in [-0.1, -0.05) is 97.9 Å². The Kier molecular flexibility index (Phi) is 28.6. The number of halogens is 1. The SMILES string of the molecule is CCc1cc(Oc2ccccc2)ccc1Nc1ncnc2cc(C)c(C)cc12.Cc1cc2ncnc(Nc3cc(C)c(Oc4ccccc4)cc3C)c2cc1C.Cc1cc2ncnc(Nc3ccc(Oc4ccccc4)c4[nH]ccc34)c2cc1C.Cc1cc2ncnc(Nc3ccc(Oc4ccccc4)c4cc[nH]c34)c2cc1C.Cc1cc2ncnc(Nc3ccc(Oc4ccccc4)cc3Br)c2cc1C. The van der Waals surface area contributed by atoms with Gasteiger partial charge in [0, 0.05) is 71.6 Å². The average Bonchev–Trinajstić information content (AvgIpc) is 1.74. The number of H-pyrrole nitrogens is 2. The minimum absolute atomic E-state index is 0.762. The van der Waals surface area contributed by atoms with Crippen LogP contribution in [0.4, 0.5) is 57.5 Å². The van der Waals surface area contributed by atoms with E-state index in [1.807, 2.05) is 231 Å². The molecule has 0 saturated carbocycles. The Hall–Kier alpha value is -17.4. The molecule has 0 unspecified atom stereocenters. The predicted octanol–water partition coefficient (Wildman–Crippen LogP) is 31.8. The predicted molar refractivity (Wildman–Crippen MR) is 577 cm³/mol. The Morgan fingerprint density at radius 1 is 0.227 bits per heavy atom. The average molecular weight is 1920 g/mol. The normalized spacial score (nSPS) is 10.9. The van der Waals surface area contributed by atoms with Crippen LogP contribution in [-0.2, 0) is 6.42 Å². The number of hydrogen-bond donors (Lipinski definition) is 7. The third-order valence-electron chi connectivity index (χ3n) is 24.7. The van der Waals surface area contributed by atoms with Crippen LogP contribution < -0.4 is 50.3 Å². The van der Waals surface area contributed by atoms with Gasteiger partial charge in [0.2, 0.25) is 0 Å². The number of nitrogens with zero attached hydrogens (tertiary/aromatic N) is 10. The van der Waals surface area contributed by atoms with E-state index in [-0.39, 0.29) is 0 Å². The molecular weight excluding hydrogens is 1820 g/mol. The van der Waals surface area contributed by atoms with Crippen LogP contribution in [0.1, 0.15) is 79.2 Å². The summed E-state index contributed by atoms with van der Waals surface area (Å²) in [6.45, 7) is 27.3. The zero-order chi connectivity index (χ0) is 97.6. The smallest absolute Gasteiger partial charge is 0.151 e. The number of aromatic amines is 2. The highest BCUT2D eigenvalue weighted by Crippen LogP contribution is 2.42. The van der Waals surface area contributed by atoms with Gasteiger partial charge in [-0.2, -0.15) is 0 Å². The van der Waals surface area contributed by atoms with Gasteiger partial charge in [-0.05, 0) is 384 Å². The van der Waals surface area contributed by atoms with Crippen molar-refractivity contribution in [3.8, 4) is 57.5 Å². The summed E-state index contributed by atoms with van der Waals surface area (Å²) >= 11 is 3.62. The van der Waals surface area contributed by atoms with E-state index in [9.17, 15) is 0 Å². The fraction of sp³-hybridized carbons (Fsp3) is 0.119. The van der Waals surface area contributed by atoms with Crippen molar-refractivity contribution in [2.24, 2.45) is 0 Å². The molecule has 0 fully saturated rings. The molecule has 0 amide bonds. The number of nitrogens with one attached hydrogen (secondary N) is 7. The first-order valence-corrected chi connectivity index (χ1v) is 47.3. The van der Waals surface area contributed by atoms with Gasteiger partial charge in [0.15, 0.2) is 5.75 Å². The lowest BCUT2D eigenvalue weighted by Gasteiger charge is -2.15. The summed E-state index contributed by atoms with van der Waals surface area (Å²) in [6, 6.07) is 98.2. The Balaban J connectivity index is 0.000000117. The lowest BCUT2D eigenvalue weighted by atomic mass is 10.1. The Labute approximate surface area is 826 Å². The van der Waals surface area contributed by atoms with E-state index in [4.69, 9.17) is 23.7 Å². The van der Waals surface area contributed by atoms with Crippen molar-refractivity contribution in [2.75, 3.05) is 26.6 Å². The third kappa shape index (κ3) is 22.3. The van der Waals surface area contributed by atoms with E-state index in [1.165, 1.54) is 61.2 Å². The lowest BCUT2D eigenvalue weighted by Crippen LogP contribution is -2.00. The molecule has 7 heterocycles. The minimum Gasteiger partial charge on any atom is -0.457 e. The molecule has 0 aliphatic rings. The number of aryl methyl sites for hydroxylation is 13. The van der Waals surface area contributed by atoms with Crippen LogP contribution in [0.5, 0.6) is 57.5 Å². The molecular formula is C118H104BrN17O5. The number of hydrogen-bond acceptors (Lipinski definition) is 20. The highest BCUT2D eigenvalue weighted by atomic mass is 79.9. The van der Waals surface area contributed by atoms with Crippen LogP contribution in [0.2, 0.25) is 0 Å². The number of benzene rings is 15. The van der Waals surface area contributed by atoms with Crippen molar-refractivity contribution in [3.05, 3.63) is 418 Å². The summed E-state index contributed by atoms with van der Waals surface area (Å²) in [6.07, 6.45) is 12.7. The number of fused-ring (bicyclic) bond motifs is 7. The monoisotopic (exact) mass is 1920 g/mol. The van der Waals surface area contributed by atoms with Crippen LogP contribution in [0.25, 0.3) is 76.3 Å². The standard InChI is InChI=1S/2C24H20N4O.2C24H23N3O.C22H18BrN3O/c1-15-12-19-21(13-16(15)2)26-14-27-24(19)28-20-8-9-22(18-10-11-25-23(18)20)29-17-6-4-3-5-7-17;1-15-12-19-21(13-16(15)2)26-14-27-24(19)28-20-8-9-22(23-18(20)10-11-25-23)29-17-6-4-3-5-7-17;1-15-10-20-22(11-16(15)2)25-14-26-24(20)27-21-12-18(4)23(13-17(21)3)28-19-8-6-5-7-9-19;1-4-18-14-20(28-19-8-6-5-7-9-19)10-11-22(18)27-24-21-12-16(2)17(3)13-23(21)25-15-26-24;1-14-10-18-21(11-15(14)2)24-13-25-22(18)26-20-9-8-17(12-19(20)23)27-16-6-4-3-5-7-16/h2*3-14,25H,1-2H3,(H,26,27,28);5-14H,1-4H3,(H,25,26,27);5-15H,4H2,1-3H3,(H,25,26,27);3-13H,1-2H3,(H,24,25,26). The number of anilines is 10. The van der Waals surface area contributed by atoms with Crippen molar-refractivity contribution in [3.63, 3.8) is 0 Å². The molecule has 23 heteroatoms. The first kappa shape index (κ1) is 93.9. The topological polar surface area (TPSA) is 267 Å². The number of ether oxygens (including phenoxy) is 5. The summed E-state index contributed by atoms with van der Waals surface area (Å²) in [4.78, 5) is 51.0. The summed E-state index contributed by atoms with van der Waals surface area (Å²) in [5.41, 5.74) is 27.0. The molecule has 0 saturated heterocycles. The van der Waals surface area contributed by atoms with Gasteiger partial charge in [-0.3, -0.25) is 0 Å². The zero-order valence-electron chi connectivity index (χ0n) is 80.4. The molecule has 22 aromatic rings. The van der Waals surface area contributed by atoms with Crippen LogP contribution in [0.3, 0.4) is 0 Å². The molecule has 22 rings (SSSR count). The second kappa shape index (κ2) is 42.9. The summed E-state index contributed by atoms with van der Waals surface area (Å²) in [5.74, 6) is 12.1. The van der Waals surface area contributed by atoms with Gasteiger partial charge in [-0.25, -0.2) is 49.8 Å². The van der Waals surface area contributed by atoms with Gasteiger partial charge in [0.25, 0.3) is 0 Å². The number of para-hydroxylation sites is 5. The van der Waals surface area contributed by atoms with E-state index >= 15 is 0 Å². The minimum atomic E-state index is 0.762. The molecule has 0 spiro atoms. The Morgan fingerprint density at radius 3 is 0.943 bits per heavy atom. The van der Waals surface area contributed by atoms with Gasteiger partial charge in [-0.15, -0.1) is 0 Å². The quantitative estimate of drug-likeness (QED) is 0.0352. The van der Waals surface area contributed by atoms with Gasteiger partial charge >= 0.3 is 0 Å². The third-order valence-corrected chi connectivity index (χ3v) is 25.3. The highest BCUT2D eigenvalue weighted by molar-refractivity contribution is 9.10. The lowest BCUT2D eigenvalue weighted by molar-refractivity contribution is 0.478. The van der Waals surface area contributed by atoms with Gasteiger partial charge in [0.05, 0.1) is 50.0 Å². The van der Waals surface area contributed by atoms with Crippen molar-refractivity contribution >= 4 is 150 Å². The molecule has 7 N–H and O–H groups in total. The first-order valence-electron chi connectivity index (χ1n) is 46.5. The van der Waals surface area contributed by atoms with Crippen LogP contribution in [0, 0.1) is 83.1 Å². The van der Waals surface area contributed by atoms with Gasteiger partial charge < -0.3 is 60.2 Å². The molecule has 0 aliphatic carbocycles. The molecule has 7 aromatic heterocycles. The molecule has 0 aliphatic heterocycles. The summed E-state index contributed by atoms with van der Waals surface area (Å²) in [7, 11) is 0. The number of aromatic nitrogens is 12. The molecule has 0 radical (unpaired) electrons. The van der Waals surface area contributed by atoms with E-state index in [2.05, 4.69) is 271 Å². The van der Waals surface area contributed by atoms with Crippen LogP contribution >= 0.6 is 15.9 Å². The van der Waals surface area contributed by atoms with Crippen LogP contribution in [0.15, 0.2) is 346 Å². The van der Waals surface area contributed by atoms with Crippen molar-refractivity contribution < 1.29 is 23.7 Å². The molecule has 22 nitrogen and oxygen atoms in total. The van der Waals surface area contributed by atoms with Crippen molar-refractivity contribution in [1.82, 2.24) is 59.8 Å². The highest BCUT2D eigenvalue weighted by Gasteiger charge is 2.20. The number of rotatable bonds is 21. The van der Waals surface area contributed by atoms with Crippen molar-refractivity contribution in [1.29, 1.82) is 0 Å². The van der Waals surface area contributed by atoms with E-state index < -0.39 is 0 Å². The Morgan fingerprint density at radius 2 is 0.539 bits per heavy atom. The van der Waals surface area contributed by atoms with E-state index in [1.54, 1.807) is 31.6 Å². The van der Waals surface area contributed by atoms with E-state index in [0.717, 1.165) is 213 Å². The molecule has 698 valence electrons. The van der Waals surface area contributed by atoms with Crippen molar-refractivity contribution in [2.45, 2.75) is 96.4 Å². The Bertz CT molecular complexity index is 8080. The maximum absolute atomic E-state index is 6.08. The second-order valence-electron chi connectivity index (χ2n) is 34.6. The fourth-order valence-electron chi connectivity index (χ4n) is 16.2. The molecule has 141 heavy (non-hydrogen) atoms. The fourth-order valence-corrected chi connectivity index (χ4v) is 16.7. The zero-order valence-corrected chi connectivity index (χ0v) is 82.0. The summed E-state index contributed by atoms with van der Waals surface area (Å²) < 4.78 is 30.9. The largest absolute Gasteiger partial charge is 0.457 e. The maximum Gasteiger partial charge on any atom is 0.151 e. The second-order valence-corrected chi connectivity index (χ2v) is 35.4. The molecule has 0 atom stereocenters. The van der Waals surface area contributed by atoms with Crippen LogP contribution in [-0.4, -0.2) is 59.8 Å². The maximum atomic E-state index is 6.08. The molecule has 15 aromatic carbocycles. The molecule has 0 bridgehead atoms. The van der Waals surface area contributed by atoms with E-state index in [0.29, 0.717) is 0 Å². The first-order chi connectivity index (χ1) is 68.6.